The number of nitrogens with zero attached hydrogens (tertiary/aromatic N) is 3. The summed E-state index contributed by atoms with van der Waals surface area (Å²) < 4.78 is 22.3. The van der Waals surface area contributed by atoms with Gasteiger partial charge in [-0.3, -0.25) is 0 Å². The summed E-state index contributed by atoms with van der Waals surface area (Å²) >= 11 is 0. The Kier molecular flexibility index (Phi) is 3.28. The van der Waals surface area contributed by atoms with E-state index >= 15 is 0 Å². The van der Waals surface area contributed by atoms with Gasteiger partial charge in [0.15, 0.2) is 11.5 Å². The van der Waals surface area contributed by atoms with Crippen molar-refractivity contribution in [3.8, 4) is 0 Å². The van der Waals surface area contributed by atoms with E-state index in [4.69, 9.17) is 5.14 Å². The van der Waals surface area contributed by atoms with Crippen LogP contribution in [0.2, 0.25) is 0 Å². The monoisotopic (exact) mass is 304 g/mol. The Labute approximate surface area is 120 Å². The molecule has 2 heterocycles. The number of nitrogens with one attached hydrogen (secondary N) is 2. The fourth-order valence-electron chi connectivity index (χ4n) is 1.88. The molecular formula is C12H12N6O2S. The Hall–Kier alpha value is -2.52. The fourth-order valence-corrected chi connectivity index (χ4v) is 2.40. The standard InChI is InChI=1S/C12H12N6O2S/c13-21(19,20)9-3-1-8(2-4-9)5-14-11-10-12(16-6-15-10)18-7-17-11/h1-4,6-7H,5H2,(H2,13,19,20)(H2,14,15,16,17,18). The van der Waals surface area contributed by atoms with Gasteiger partial charge in [-0.15, -0.1) is 0 Å². The highest BCUT2D eigenvalue weighted by molar-refractivity contribution is 7.89. The number of primary sulfonamides is 1. The van der Waals surface area contributed by atoms with Gasteiger partial charge in [-0.1, -0.05) is 12.1 Å². The number of benzene rings is 1. The summed E-state index contributed by atoms with van der Waals surface area (Å²) in [5.41, 5.74) is 2.20. The maximum Gasteiger partial charge on any atom is 0.238 e. The Bertz CT molecular complexity index is 872. The Morgan fingerprint density at radius 2 is 1.90 bits per heavy atom. The summed E-state index contributed by atoms with van der Waals surface area (Å²) in [5.74, 6) is 0.632. The van der Waals surface area contributed by atoms with Crippen molar-refractivity contribution in [3.05, 3.63) is 42.5 Å². The van der Waals surface area contributed by atoms with Gasteiger partial charge in [0.25, 0.3) is 0 Å². The Balaban J connectivity index is 1.77. The summed E-state index contributed by atoms with van der Waals surface area (Å²) in [7, 11) is -3.66. The first-order valence-electron chi connectivity index (χ1n) is 6.04. The van der Waals surface area contributed by atoms with E-state index in [1.165, 1.54) is 18.5 Å². The van der Waals surface area contributed by atoms with Gasteiger partial charge in [-0.25, -0.2) is 28.5 Å². The van der Waals surface area contributed by atoms with Crippen molar-refractivity contribution in [1.29, 1.82) is 0 Å². The molecule has 0 radical (unpaired) electrons. The number of anilines is 1. The van der Waals surface area contributed by atoms with E-state index in [-0.39, 0.29) is 4.90 Å². The van der Waals surface area contributed by atoms with Crippen LogP contribution in [0.25, 0.3) is 11.2 Å². The normalized spacial score (nSPS) is 11.7. The van der Waals surface area contributed by atoms with Crippen molar-refractivity contribution in [1.82, 2.24) is 19.9 Å². The van der Waals surface area contributed by atoms with Gasteiger partial charge in [-0.2, -0.15) is 0 Å². The lowest BCUT2D eigenvalue weighted by molar-refractivity contribution is 0.598. The predicted molar refractivity (Wildman–Crippen MR) is 76.8 cm³/mol. The van der Waals surface area contributed by atoms with Crippen molar-refractivity contribution in [2.24, 2.45) is 5.14 Å². The van der Waals surface area contributed by atoms with Crippen LogP contribution < -0.4 is 10.5 Å². The molecule has 1 aromatic carbocycles. The third-order valence-corrected chi connectivity index (χ3v) is 3.86. The van der Waals surface area contributed by atoms with Crippen LogP contribution in [-0.4, -0.2) is 28.4 Å². The molecule has 0 bridgehead atoms. The van der Waals surface area contributed by atoms with E-state index in [2.05, 4.69) is 25.3 Å². The van der Waals surface area contributed by atoms with E-state index in [0.717, 1.165) is 11.1 Å². The van der Waals surface area contributed by atoms with Crippen molar-refractivity contribution in [2.75, 3.05) is 5.32 Å². The molecule has 0 unspecified atom stereocenters. The lowest BCUT2D eigenvalue weighted by Crippen LogP contribution is -2.12. The molecule has 108 valence electrons. The predicted octanol–water partition coefficient (Wildman–Crippen LogP) is 0.612. The smallest absolute Gasteiger partial charge is 0.238 e. The molecule has 0 saturated carbocycles. The minimum atomic E-state index is -3.66. The maximum atomic E-state index is 11.2. The molecule has 8 nitrogen and oxygen atoms in total. The largest absolute Gasteiger partial charge is 0.364 e. The zero-order valence-electron chi connectivity index (χ0n) is 10.8. The summed E-state index contributed by atoms with van der Waals surface area (Å²) in [6, 6.07) is 6.33. The quantitative estimate of drug-likeness (QED) is 0.648. The molecule has 3 aromatic rings. The van der Waals surface area contributed by atoms with Crippen LogP contribution in [0.4, 0.5) is 5.82 Å². The van der Waals surface area contributed by atoms with Crippen LogP contribution in [0.3, 0.4) is 0 Å². The third kappa shape index (κ3) is 2.83. The van der Waals surface area contributed by atoms with Crippen LogP contribution in [-0.2, 0) is 16.6 Å². The van der Waals surface area contributed by atoms with E-state index in [9.17, 15) is 8.42 Å². The number of aromatic nitrogens is 4. The van der Waals surface area contributed by atoms with Crippen LogP contribution in [0.15, 0.2) is 41.8 Å². The van der Waals surface area contributed by atoms with Crippen molar-refractivity contribution in [3.63, 3.8) is 0 Å². The van der Waals surface area contributed by atoms with Gasteiger partial charge < -0.3 is 10.3 Å². The summed E-state index contributed by atoms with van der Waals surface area (Å²) in [6.45, 7) is 0.482. The second-order valence-electron chi connectivity index (χ2n) is 4.37. The van der Waals surface area contributed by atoms with Gasteiger partial charge >= 0.3 is 0 Å². The summed E-state index contributed by atoms with van der Waals surface area (Å²) in [5, 5.41) is 8.20. The van der Waals surface area contributed by atoms with Gasteiger partial charge in [0, 0.05) is 6.54 Å². The molecule has 0 aliphatic heterocycles. The fraction of sp³-hybridized carbons (Fsp3) is 0.0833. The number of nitrogens with two attached hydrogens (primary N) is 1. The van der Waals surface area contributed by atoms with Gasteiger partial charge in [0.05, 0.1) is 11.2 Å². The number of aromatic amines is 1. The highest BCUT2D eigenvalue weighted by atomic mass is 32.2. The van der Waals surface area contributed by atoms with Gasteiger partial charge in [0.2, 0.25) is 10.0 Å². The highest BCUT2D eigenvalue weighted by Gasteiger charge is 2.08. The number of rotatable bonds is 4. The topological polar surface area (TPSA) is 127 Å². The second kappa shape index (κ2) is 5.11. The lowest BCUT2D eigenvalue weighted by Gasteiger charge is -2.06. The average Bonchev–Trinajstić information content (AvgIpc) is 2.93. The van der Waals surface area contributed by atoms with Crippen LogP contribution >= 0.6 is 0 Å². The number of H-pyrrole nitrogens is 1. The minimum Gasteiger partial charge on any atom is -0.364 e. The van der Waals surface area contributed by atoms with Crippen molar-refractivity contribution >= 4 is 27.0 Å². The SMILES string of the molecule is NS(=O)(=O)c1ccc(CNc2ncnc3nc[nH]c23)cc1. The third-order valence-electron chi connectivity index (χ3n) is 2.93. The Morgan fingerprint density at radius 3 is 2.62 bits per heavy atom. The molecule has 0 spiro atoms. The van der Waals surface area contributed by atoms with Crippen LogP contribution in [0.1, 0.15) is 5.56 Å². The molecule has 0 atom stereocenters. The molecule has 3 rings (SSSR count). The summed E-state index contributed by atoms with van der Waals surface area (Å²) in [4.78, 5) is 15.3. The molecule has 0 fully saturated rings. The first-order chi connectivity index (χ1) is 10.0. The molecular weight excluding hydrogens is 292 g/mol. The number of hydrogen-bond acceptors (Lipinski definition) is 6. The molecule has 4 N–H and O–H groups in total. The first kappa shape index (κ1) is 13.5. The molecule has 21 heavy (non-hydrogen) atoms. The maximum absolute atomic E-state index is 11.2. The zero-order chi connectivity index (χ0) is 14.9. The second-order valence-corrected chi connectivity index (χ2v) is 5.93. The average molecular weight is 304 g/mol. The number of fused-ring (bicyclic) bond motifs is 1. The molecule has 0 aliphatic carbocycles. The number of sulfonamides is 1. The lowest BCUT2D eigenvalue weighted by atomic mass is 10.2. The molecule has 0 aliphatic rings. The van der Waals surface area contributed by atoms with E-state index in [0.29, 0.717) is 18.0 Å². The Morgan fingerprint density at radius 1 is 1.14 bits per heavy atom. The minimum absolute atomic E-state index is 0.0873. The summed E-state index contributed by atoms with van der Waals surface area (Å²) in [6.07, 6.45) is 2.97. The first-order valence-corrected chi connectivity index (χ1v) is 7.58. The molecule has 0 saturated heterocycles. The van der Waals surface area contributed by atoms with Crippen molar-refractivity contribution < 1.29 is 8.42 Å². The van der Waals surface area contributed by atoms with Gasteiger partial charge in [0.1, 0.15) is 11.8 Å². The van der Waals surface area contributed by atoms with Crippen molar-refractivity contribution in [2.45, 2.75) is 11.4 Å². The number of hydrogen-bond donors (Lipinski definition) is 3. The molecule has 0 amide bonds. The molecule has 9 heteroatoms. The zero-order valence-corrected chi connectivity index (χ0v) is 11.6. The van der Waals surface area contributed by atoms with Crippen LogP contribution in [0.5, 0.6) is 0 Å². The van der Waals surface area contributed by atoms with E-state index in [1.807, 2.05) is 0 Å². The van der Waals surface area contributed by atoms with E-state index < -0.39 is 10.0 Å². The highest BCUT2D eigenvalue weighted by Crippen LogP contribution is 2.16. The molecule has 2 aromatic heterocycles. The van der Waals surface area contributed by atoms with Gasteiger partial charge in [-0.05, 0) is 17.7 Å². The van der Waals surface area contributed by atoms with E-state index in [1.54, 1.807) is 18.5 Å². The van der Waals surface area contributed by atoms with Crippen LogP contribution in [0, 0.1) is 0 Å². The number of imidazole rings is 1.